The molecule has 21 heavy (non-hydrogen) atoms. The molecule has 0 aliphatic carbocycles. The largest absolute Gasteiger partial charge is 0.363 e. The van der Waals surface area contributed by atoms with E-state index >= 15 is 0 Å². The zero-order chi connectivity index (χ0) is 14.2. The normalized spacial score (nSPS) is 11.3. The van der Waals surface area contributed by atoms with Gasteiger partial charge in [0.1, 0.15) is 12.1 Å². The van der Waals surface area contributed by atoms with Gasteiger partial charge in [0.15, 0.2) is 11.5 Å². The number of anilines is 1. The van der Waals surface area contributed by atoms with Gasteiger partial charge in [-0.3, -0.25) is 4.40 Å². The van der Waals surface area contributed by atoms with E-state index in [1.54, 1.807) is 4.52 Å². The lowest BCUT2D eigenvalue weighted by Crippen LogP contribution is -2.09. The summed E-state index contributed by atoms with van der Waals surface area (Å²) in [5, 5.41) is 15.8. The average Bonchev–Trinajstić information content (AvgIpc) is 3.11. The van der Waals surface area contributed by atoms with Crippen LogP contribution in [-0.4, -0.2) is 34.2 Å². The topological polar surface area (TPSA) is 85.3 Å². The third-order valence-corrected chi connectivity index (χ3v) is 3.19. The van der Waals surface area contributed by atoms with Crippen molar-refractivity contribution >= 4 is 17.2 Å². The maximum absolute atomic E-state index is 4.31. The van der Waals surface area contributed by atoms with Crippen molar-refractivity contribution in [2.45, 2.75) is 13.5 Å². The molecule has 4 aromatic rings. The molecule has 0 bridgehead atoms. The molecule has 0 fully saturated rings. The summed E-state index contributed by atoms with van der Waals surface area (Å²) in [5.74, 6) is 2.22. The summed E-state index contributed by atoms with van der Waals surface area (Å²) in [4.78, 5) is 8.41. The summed E-state index contributed by atoms with van der Waals surface area (Å²) in [5.41, 5.74) is 1.70. The van der Waals surface area contributed by atoms with Crippen LogP contribution in [0, 0.1) is 6.92 Å². The first kappa shape index (κ1) is 11.8. The van der Waals surface area contributed by atoms with Gasteiger partial charge in [-0.2, -0.15) is 14.6 Å². The van der Waals surface area contributed by atoms with Crippen LogP contribution in [0.1, 0.15) is 11.5 Å². The Morgan fingerprint density at radius 3 is 3.14 bits per heavy atom. The molecule has 1 N–H and O–H groups in total. The van der Waals surface area contributed by atoms with E-state index in [9.17, 15) is 0 Å². The number of nitrogens with one attached hydrogen (secondary N) is 1. The molecule has 0 spiro atoms. The highest BCUT2D eigenvalue weighted by molar-refractivity contribution is 5.45. The van der Waals surface area contributed by atoms with Crippen LogP contribution in [0.3, 0.4) is 0 Å². The van der Waals surface area contributed by atoms with Crippen molar-refractivity contribution in [1.29, 1.82) is 0 Å². The average molecular weight is 280 g/mol. The van der Waals surface area contributed by atoms with Crippen molar-refractivity contribution in [1.82, 2.24) is 34.2 Å². The summed E-state index contributed by atoms with van der Waals surface area (Å²) < 4.78 is 3.61. The van der Waals surface area contributed by atoms with Crippen molar-refractivity contribution < 1.29 is 0 Å². The van der Waals surface area contributed by atoms with Crippen LogP contribution in [0.25, 0.3) is 11.4 Å². The SMILES string of the molecule is Cc1cc(NCc2nnc3ccccn23)n2ncnc2n1. The van der Waals surface area contributed by atoms with Crippen molar-refractivity contribution in [3.05, 3.63) is 48.3 Å². The number of aromatic nitrogens is 7. The van der Waals surface area contributed by atoms with Crippen LogP contribution in [0.4, 0.5) is 5.82 Å². The summed E-state index contributed by atoms with van der Waals surface area (Å²) in [6.45, 7) is 2.45. The maximum Gasteiger partial charge on any atom is 0.254 e. The first-order valence-corrected chi connectivity index (χ1v) is 6.51. The molecule has 0 saturated carbocycles. The predicted molar refractivity (Wildman–Crippen MR) is 75.8 cm³/mol. The Labute approximate surface area is 119 Å². The molecule has 0 aromatic carbocycles. The van der Waals surface area contributed by atoms with Gasteiger partial charge in [-0.15, -0.1) is 10.2 Å². The third-order valence-electron chi connectivity index (χ3n) is 3.19. The van der Waals surface area contributed by atoms with E-state index < -0.39 is 0 Å². The summed E-state index contributed by atoms with van der Waals surface area (Å²) in [7, 11) is 0. The fourth-order valence-electron chi connectivity index (χ4n) is 2.24. The van der Waals surface area contributed by atoms with Crippen molar-refractivity contribution in [2.75, 3.05) is 5.32 Å². The molecule has 0 saturated heterocycles. The summed E-state index contributed by atoms with van der Waals surface area (Å²) in [6, 6.07) is 7.73. The molecule has 0 aliphatic heterocycles. The van der Waals surface area contributed by atoms with Gasteiger partial charge in [0.2, 0.25) is 0 Å². The number of aryl methyl sites for hydroxylation is 1. The van der Waals surface area contributed by atoms with Crippen LogP contribution >= 0.6 is 0 Å². The van der Waals surface area contributed by atoms with Crippen LogP contribution in [-0.2, 0) is 6.54 Å². The lowest BCUT2D eigenvalue weighted by molar-refractivity contribution is 0.876. The molecule has 104 valence electrons. The third kappa shape index (κ3) is 1.97. The van der Waals surface area contributed by atoms with Crippen LogP contribution < -0.4 is 5.32 Å². The lowest BCUT2D eigenvalue weighted by Gasteiger charge is -2.07. The minimum Gasteiger partial charge on any atom is -0.363 e. The molecule has 8 nitrogen and oxygen atoms in total. The highest BCUT2D eigenvalue weighted by atomic mass is 15.4. The van der Waals surface area contributed by atoms with E-state index in [0.29, 0.717) is 12.3 Å². The highest BCUT2D eigenvalue weighted by Crippen LogP contribution is 2.11. The fourth-order valence-corrected chi connectivity index (χ4v) is 2.24. The Hall–Kier alpha value is -3.03. The highest BCUT2D eigenvalue weighted by Gasteiger charge is 2.08. The van der Waals surface area contributed by atoms with E-state index in [0.717, 1.165) is 23.0 Å². The van der Waals surface area contributed by atoms with Gasteiger partial charge in [-0.25, -0.2) is 4.98 Å². The van der Waals surface area contributed by atoms with Gasteiger partial charge in [0, 0.05) is 18.0 Å². The molecule has 0 amide bonds. The molecular formula is C13H12N8. The quantitative estimate of drug-likeness (QED) is 0.604. The minimum absolute atomic E-state index is 0.531. The summed E-state index contributed by atoms with van der Waals surface area (Å²) >= 11 is 0. The molecular weight excluding hydrogens is 268 g/mol. The van der Waals surface area contributed by atoms with Gasteiger partial charge in [0.05, 0.1) is 6.54 Å². The van der Waals surface area contributed by atoms with Crippen LogP contribution in [0.2, 0.25) is 0 Å². The van der Waals surface area contributed by atoms with Crippen LogP contribution in [0.5, 0.6) is 0 Å². The van der Waals surface area contributed by atoms with Gasteiger partial charge < -0.3 is 5.32 Å². The molecule has 8 heteroatoms. The zero-order valence-electron chi connectivity index (χ0n) is 11.3. The van der Waals surface area contributed by atoms with Crippen molar-refractivity contribution in [2.24, 2.45) is 0 Å². The number of hydrogen-bond donors (Lipinski definition) is 1. The fraction of sp³-hybridized carbons (Fsp3) is 0.154. The van der Waals surface area contributed by atoms with Gasteiger partial charge in [-0.05, 0) is 19.1 Å². The maximum atomic E-state index is 4.31. The second-order valence-corrected chi connectivity index (χ2v) is 4.65. The van der Waals surface area contributed by atoms with Crippen molar-refractivity contribution in [3.8, 4) is 0 Å². The number of hydrogen-bond acceptors (Lipinski definition) is 6. The number of nitrogens with zero attached hydrogens (tertiary/aromatic N) is 7. The molecule has 0 atom stereocenters. The molecule has 0 aliphatic rings. The van der Waals surface area contributed by atoms with E-state index in [1.807, 2.05) is 41.8 Å². The molecule has 4 heterocycles. The van der Waals surface area contributed by atoms with E-state index in [1.165, 1.54) is 6.33 Å². The van der Waals surface area contributed by atoms with Crippen molar-refractivity contribution in [3.63, 3.8) is 0 Å². The number of rotatable bonds is 3. The Balaban J connectivity index is 1.68. The van der Waals surface area contributed by atoms with Gasteiger partial charge in [-0.1, -0.05) is 6.07 Å². The van der Waals surface area contributed by atoms with E-state index in [2.05, 4.69) is 30.6 Å². The Kier molecular flexibility index (Phi) is 2.53. The molecule has 4 aromatic heterocycles. The monoisotopic (exact) mass is 280 g/mol. The van der Waals surface area contributed by atoms with Gasteiger partial charge >= 0.3 is 0 Å². The van der Waals surface area contributed by atoms with E-state index in [-0.39, 0.29) is 0 Å². The Morgan fingerprint density at radius 1 is 1.24 bits per heavy atom. The Bertz CT molecular complexity index is 922. The standard InChI is InChI=1S/C13H12N8/c1-9-6-11(21-13(17-9)15-8-16-21)14-7-12-19-18-10-4-2-3-5-20(10)12/h2-6,8,14H,7H2,1H3. The zero-order valence-corrected chi connectivity index (χ0v) is 11.3. The predicted octanol–water partition coefficient (Wildman–Crippen LogP) is 1.09. The second-order valence-electron chi connectivity index (χ2n) is 4.65. The number of fused-ring (bicyclic) bond motifs is 2. The van der Waals surface area contributed by atoms with Crippen LogP contribution in [0.15, 0.2) is 36.8 Å². The molecule has 0 unspecified atom stereocenters. The number of pyridine rings is 1. The van der Waals surface area contributed by atoms with E-state index in [4.69, 9.17) is 0 Å². The Morgan fingerprint density at radius 2 is 2.19 bits per heavy atom. The first-order valence-electron chi connectivity index (χ1n) is 6.51. The molecule has 4 rings (SSSR count). The smallest absolute Gasteiger partial charge is 0.254 e. The van der Waals surface area contributed by atoms with Gasteiger partial charge in [0.25, 0.3) is 5.78 Å². The lowest BCUT2D eigenvalue weighted by atomic mass is 10.4. The first-order chi connectivity index (χ1) is 10.3. The minimum atomic E-state index is 0.531. The second kappa shape index (κ2) is 4.51. The summed E-state index contributed by atoms with van der Waals surface area (Å²) in [6.07, 6.45) is 3.43. The molecule has 0 radical (unpaired) electrons.